The van der Waals surface area contributed by atoms with Crippen LogP contribution in [0.5, 0.6) is 0 Å². The van der Waals surface area contributed by atoms with Crippen molar-refractivity contribution >= 4 is 38.8 Å². The zero-order valence-corrected chi connectivity index (χ0v) is 16.0. The highest BCUT2D eigenvalue weighted by Gasteiger charge is 2.31. The molecule has 25 heavy (non-hydrogen) atoms. The second-order valence-corrected chi connectivity index (χ2v) is 9.13. The molecule has 6 nitrogen and oxygen atoms in total. The lowest BCUT2D eigenvalue weighted by atomic mass is 10.1. The Labute approximate surface area is 153 Å². The lowest BCUT2D eigenvalue weighted by Crippen LogP contribution is -2.33. The Balaban J connectivity index is 1.83. The number of halogens is 1. The van der Waals surface area contributed by atoms with E-state index >= 15 is 0 Å². The van der Waals surface area contributed by atoms with E-state index in [9.17, 15) is 8.42 Å². The maximum atomic E-state index is 11.7. The van der Waals surface area contributed by atoms with Crippen molar-refractivity contribution in [1.82, 2.24) is 9.97 Å². The number of hydrogen-bond donors (Lipinski definition) is 1. The van der Waals surface area contributed by atoms with Gasteiger partial charge in [0.1, 0.15) is 18.0 Å². The van der Waals surface area contributed by atoms with Gasteiger partial charge < -0.3 is 10.2 Å². The lowest BCUT2D eigenvalue weighted by Gasteiger charge is -2.24. The van der Waals surface area contributed by atoms with Crippen LogP contribution in [-0.4, -0.2) is 43.0 Å². The van der Waals surface area contributed by atoms with Crippen LogP contribution in [0.15, 0.2) is 24.5 Å². The van der Waals surface area contributed by atoms with Crippen molar-refractivity contribution < 1.29 is 8.42 Å². The first-order chi connectivity index (χ1) is 11.7. The number of rotatable bonds is 4. The van der Waals surface area contributed by atoms with Gasteiger partial charge in [0.15, 0.2) is 9.84 Å². The van der Waals surface area contributed by atoms with Gasteiger partial charge in [0, 0.05) is 19.2 Å². The lowest BCUT2D eigenvalue weighted by molar-refractivity contribution is 0.600. The molecule has 1 fully saturated rings. The molecule has 3 rings (SSSR count). The summed E-state index contributed by atoms with van der Waals surface area (Å²) in [6.45, 7) is 3.98. The Morgan fingerprint density at radius 3 is 2.64 bits per heavy atom. The van der Waals surface area contributed by atoms with Crippen molar-refractivity contribution in [2.45, 2.75) is 26.3 Å². The minimum atomic E-state index is -2.94. The fourth-order valence-electron chi connectivity index (χ4n) is 3.08. The third kappa shape index (κ3) is 4.04. The smallest absolute Gasteiger partial charge is 0.152 e. The largest absolute Gasteiger partial charge is 0.355 e. The van der Waals surface area contributed by atoms with E-state index in [4.69, 9.17) is 11.6 Å². The molecule has 1 aromatic heterocycles. The molecule has 1 N–H and O–H groups in total. The van der Waals surface area contributed by atoms with Crippen LogP contribution >= 0.6 is 11.6 Å². The van der Waals surface area contributed by atoms with E-state index in [1.165, 1.54) is 6.33 Å². The van der Waals surface area contributed by atoms with Crippen LogP contribution in [0.25, 0.3) is 0 Å². The minimum Gasteiger partial charge on any atom is -0.355 e. The molecule has 2 heterocycles. The molecule has 0 bridgehead atoms. The van der Waals surface area contributed by atoms with E-state index in [0.717, 1.165) is 16.8 Å². The summed E-state index contributed by atoms with van der Waals surface area (Å²) in [5.74, 6) is 1.70. The molecular weight excluding hydrogens is 360 g/mol. The average Bonchev–Trinajstić information content (AvgIpc) is 2.90. The summed E-state index contributed by atoms with van der Waals surface area (Å²) < 4.78 is 23.4. The van der Waals surface area contributed by atoms with E-state index in [1.807, 2.05) is 37.9 Å². The summed E-state index contributed by atoms with van der Waals surface area (Å²) in [5, 5.41) is 3.87. The SMILES string of the molecule is Cc1cc(C)c(Nc2cc(N(C)C3CCS(=O)(=O)C3)ncn2)c(Cl)c1. The highest BCUT2D eigenvalue weighted by atomic mass is 35.5. The molecule has 1 aromatic carbocycles. The van der Waals surface area contributed by atoms with Crippen molar-refractivity contribution in [1.29, 1.82) is 0 Å². The van der Waals surface area contributed by atoms with E-state index < -0.39 is 9.84 Å². The van der Waals surface area contributed by atoms with Crippen molar-refractivity contribution in [2.24, 2.45) is 0 Å². The fraction of sp³-hybridized carbons (Fsp3) is 0.412. The zero-order valence-electron chi connectivity index (χ0n) is 14.5. The number of aromatic nitrogens is 2. The third-order valence-electron chi connectivity index (χ3n) is 4.45. The monoisotopic (exact) mass is 380 g/mol. The predicted molar refractivity (Wildman–Crippen MR) is 102 cm³/mol. The molecule has 0 saturated carbocycles. The van der Waals surface area contributed by atoms with Crippen molar-refractivity contribution in [2.75, 3.05) is 28.8 Å². The summed E-state index contributed by atoms with van der Waals surface area (Å²) in [6, 6.07) is 5.69. The summed E-state index contributed by atoms with van der Waals surface area (Å²) in [5.41, 5.74) is 2.93. The molecule has 2 aromatic rings. The highest BCUT2D eigenvalue weighted by molar-refractivity contribution is 7.91. The van der Waals surface area contributed by atoms with Gasteiger partial charge in [0.05, 0.1) is 22.2 Å². The predicted octanol–water partition coefficient (Wildman–Crippen LogP) is 3.11. The molecule has 1 aliphatic rings. The first-order valence-electron chi connectivity index (χ1n) is 8.04. The molecule has 1 unspecified atom stereocenters. The molecule has 1 saturated heterocycles. The highest BCUT2D eigenvalue weighted by Crippen LogP contribution is 2.30. The van der Waals surface area contributed by atoms with Crippen LogP contribution in [0.1, 0.15) is 17.5 Å². The molecule has 1 aliphatic heterocycles. The fourth-order valence-corrected chi connectivity index (χ4v) is 5.22. The van der Waals surface area contributed by atoms with E-state index in [0.29, 0.717) is 23.1 Å². The Morgan fingerprint density at radius 1 is 1.24 bits per heavy atom. The van der Waals surface area contributed by atoms with Crippen molar-refractivity contribution in [3.05, 3.63) is 40.7 Å². The Bertz CT molecular complexity index is 878. The molecule has 0 aliphatic carbocycles. The zero-order chi connectivity index (χ0) is 18.2. The maximum Gasteiger partial charge on any atom is 0.152 e. The van der Waals surface area contributed by atoms with Gasteiger partial charge >= 0.3 is 0 Å². The first-order valence-corrected chi connectivity index (χ1v) is 10.2. The summed E-state index contributed by atoms with van der Waals surface area (Å²) >= 11 is 6.34. The van der Waals surface area contributed by atoms with Crippen LogP contribution in [0.3, 0.4) is 0 Å². The molecular formula is C17H21ClN4O2S. The van der Waals surface area contributed by atoms with Gasteiger partial charge in [-0.2, -0.15) is 0 Å². The Morgan fingerprint density at radius 2 is 2.00 bits per heavy atom. The molecule has 0 radical (unpaired) electrons. The summed E-state index contributed by atoms with van der Waals surface area (Å²) in [4.78, 5) is 10.4. The number of sulfone groups is 1. The molecule has 8 heteroatoms. The number of hydrogen-bond acceptors (Lipinski definition) is 6. The number of benzene rings is 1. The topological polar surface area (TPSA) is 75.2 Å². The Hall–Kier alpha value is -1.86. The number of anilines is 3. The Kier molecular flexibility index (Phi) is 4.88. The van der Waals surface area contributed by atoms with Gasteiger partial charge in [-0.3, -0.25) is 0 Å². The van der Waals surface area contributed by atoms with Crippen LogP contribution < -0.4 is 10.2 Å². The van der Waals surface area contributed by atoms with Crippen molar-refractivity contribution in [3.8, 4) is 0 Å². The molecule has 1 atom stereocenters. The summed E-state index contributed by atoms with van der Waals surface area (Å²) in [6.07, 6.45) is 2.09. The van der Waals surface area contributed by atoms with Gasteiger partial charge in [-0.15, -0.1) is 0 Å². The maximum absolute atomic E-state index is 11.7. The van der Waals surface area contributed by atoms with Gasteiger partial charge in [0.25, 0.3) is 0 Å². The minimum absolute atomic E-state index is 0.0579. The van der Waals surface area contributed by atoms with E-state index in [2.05, 4.69) is 15.3 Å². The second kappa shape index (κ2) is 6.80. The van der Waals surface area contributed by atoms with Crippen molar-refractivity contribution in [3.63, 3.8) is 0 Å². The van der Waals surface area contributed by atoms with Gasteiger partial charge in [0.2, 0.25) is 0 Å². The van der Waals surface area contributed by atoms with E-state index in [1.54, 1.807) is 6.07 Å². The normalized spacial score (nSPS) is 19.0. The number of nitrogens with one attached hydrogen (secondary N) is 1. The number of nitrogens with zero attached hydrogens (tertiary/aromatic N) is 3. The first kappa shape index (κ1) is 17.9. The second-order valence-electron chi connectivity index (χ2n) is 6.49. The van der Waals surface area contributed by atoms with Gasteiger partial charge in [-0.25, -0.2) is 18.4 Å². The quantitative estimate of drug-likeness (QED) is 0.878. The van der Waals surface area contributed by atoms with Gasteiger partial charge in [-0.1, -0.05) is 17.7 Å². The number of aryl methyl sites for hydroxylation is 2. The van der Waals surface area contributed by atoms with Crippen LogP contribution in [-0.2, 0) is 9.84 Å². The molecule has 0 amide bonds. The summed E-state index contributed by atoms with van der Waals surface area (Å²) in [7, 11) is -1.08. The third-order valence-corrected chi connectivity index (χ3v) is 6.50. The van der Waals surface area contributed by atoms with Crippen LogP contribution in [0, 0.1) is 13.8 Å². The van der Waals surface area contributed by atoms with Crippen LogP contribution in [0.2, 0.25) is 5.02 Å². The standard InChI is InChI=1S/C17H21ClN4O2S/c1-11-6-12(2)17(14(18)7-11)21-15-8-16(20-10-19-15)22(3)13-4-5-25(23,24)9-13/h6-8,10,13H,4-5,9H2,1-3H3,(H,19,20,21). The average molecular weight is 381 g/mol. The van der Waals surface area contributed by atoms with Gasteiger partial charge in [-0.05, 0) is 37.5 Å². The van der Waals surface area contributed by atoms with Crippen LogP contribution in [0.4, 0.5) is 17.3 Å². The van der Waals surface area contributed by atoms with E-state index in [-0.39, 0.29) is 17.5 Å². The molecule has 134 valence electrons. The molecule has 0 spiro atoms.